The number of aromatic amines is 1. The number of aliphatic carboxylic acids is 1. The Bertz CT molecular complexity index is 1010. The summed E-state index contributed by atoms with van der Waals surface area (Å²) >= 11 is 0. The molecule has 10 nitrogen and oxygen atoms in total. The molecule has 0 spiro atoms. The van der Waals surface area contributed by atoms with Gasteiger partial charge in [0.25, 0.3) is 5.56 Å². The minimum absolute atomic E-state index is 0.0602. The number of benzene rings is 1. The highest BCUT2D eigenvalue weighted by molar-refractivity contribution is 5.92. The van der Waals surface area contributed by atoms with Crippen molar-refractivity contribution >= 4 is 11.9 Å². The van der Waals surface area contributed by atoms with E-state index in [1.165, 1.54) is 19.2 Å². The predicted molar refractivity (Wildman–Crippen MR) is 103 cm³/mol. The zero-order valence-electron chi connectivity index (χ0n) is 16.4. The van der Waals surface area contributed by atoms with E-state index in [0.717, 1.165) is 6.20 Å². The maximum absolute atomic E-state index is 12.6. The van der Waals surface area contributed by atoms with E-state index < -0.39 is 35.6 Å². The van der Waals surface area contributed by atoms with Crippen LogP contribution < -0.4 is 19.8 Å². The van der Waals surface area contributed by atoms with Crippen molar-refractivity contribution in [2.75, 3.05) is 26.9 Å². The number of fused-ring (bicyclic) bond motifs is 1. The molecular formula is C20H21NO9. The van der Waals surface area contributed by atoms with Gasteiger partial charge in [0, 0.05) is 12.1 Å². The quantitative estimate of drug-likeness (QED) is 0.570. The summed E-state index contributed by atoms with van der Waals surface area (Å²) in [5.41, 5.74) is -0.950. The van der Waals surface area contributed by atoms with Crippen LogP contribution in [-0.2, 0) is 9.53 Å². The highest BCUT2D eigenvalue weighted by atomic mass is 16.6. The van der Waals surface area contributed by atoms with Crippen molar-refractivity contribution in [2.45, 2.75) is 19.3 Å². The van der Waals surface area contributed by atoms with Gasteiger partial charge in [0.1, 0.15) is 24.5 Å². The van der Waals surface area contributed by atoms with Gasteiger partial charge < -0.3 is 34.1 Å². The van der Waals surface area contributed by atoms with Crippen molar-refractivity contribution < 1.29 is 38.7 Å². The molecular weight excluding hydrogens is 398 g/mol. The monoisotopic (exact) mass is 419 g/mol. The van der Waals surface area contributed by atoms with Crippen LogP contribution in [0, 0.1) is 0 Å². The van der Waals surface area contributed by atoms with Crippen LogP contribution in [0.5, 0.6) is 23.0 Å². The topological polar surface area (TPSA) is 144 Å². The number of carbonyl (C=O) groups excluding carboxylic acids is 1. The number of rotatable bonds is 7. The molecule has 0 saturated carbocycles. The molecule has 3 N–H and O–H groups in total. The van der Waals surface area contributed by atoms with Gasteiger partial charge in [-0.25, -0.2) is 4.79 Å². The Morgan fingerprint density at radius 2 is 2.00 bits per heavy atom. The van der Waals surface area contributed by atoms with Crippen molar-refractivity contribution in [1.29, 1.82) is 0 Å². The van der Waals surface area contributed by atoms with Gasteiger partial charge in [0.15, 0.2) is 11.5 Å². The number of pyridine rings is 1. The average Bonchev–Trinajstić information content (AvgIpc) is 2.72. The smallest absolute Gasteiger partial charge is 0.343 e. The lowest BCUT2D eigenvalue weighted by molar-refractivity contribution is -0.137. The van der Waals surface area contributed by atoms with E-state index in [-0.39, 0.29) is 30.1 Å². The lowest BCUT2D eigenvalue weighted by Crippen LogP contribution is -2.22. The number of ether oxygens (including phenoxy) is 4. The summed E-state index contributed by atoms with van der Waals surface area (Å²) in [5, 5.41) is 20.1. The van der Waals surface area contributed by atoms with Crippen LogP contribution in [0.4, 0.5) is 0 Å². The largest absolute Gasteiger partial charge is 0.506 e. The second-order valence-corrected chi connectivity index (χ2v) is 6.41. The van der Waals surface area contributed by atoms with Crippen LogP contribution in [0.25, 0.3) is 0 Å². The zero-order valence-corrected chi connectivity index (χ0v) is 16.4. The molecule has 10 heteroatoms. The summed E-state index contributed by atoms with van der Waals surface area (Å²) < 4.78 is 21.3. The van der Waals surface area contributed by atoms with Gasteiger partial charge >= 0.3 is 11.9 Å². The molecule has 0 saturated heterocycles. The standard InChI is InChI=1S/C20H21NO9/c1-3-28-20(26)12-9-21-19(25)16(17(12)24)11(8-15(22)23)10-6-13(27-2)18-14(7-10)29-4-5-30-18/h6-7,9,11H,3-5,8H2,1-2H3,(H,22,23)(H2,21,24,25). The lowest BCUT2D eigenvalue weighted by Gasteiger charge is -2.24. The van der Waals surface area contributed by atoms with E-state index in [2.05, 4.69) is 4.98 Å². The summed E-state index contributed by atoms with van der Waals surface area (Å²) in [7, 11) is 1.41. The first-order valence-corrected chi connectivity index (χ1v) is 9.18. The maximum atomic E-state index is 12.6. The number of aromatic hydroxyl groups is 1. The highest BCUT2D eigenvalue weighted by Crippen LogP contribution is 2.44. The van der Waals surface area contributed by atoms with Crippen molar-refractivity contribution in [3.8, 4) is 23.0 Å². The molecule has 1 unspecified atom stereocenters. The fourth-order valence-corrected chi connectivity index (χ4v) is 3.28. The Morgan fingerprint density at radius 1 is 1.27 bits per heavy atom. The van der Waals surface area contributed by atoms with Gasteiger partial charge in [-0.3, -0.25) is 9.59 Å². The lowest BCUT2D eigenvalue weighted by atomic mass is 9.87. The van der Waals surface area contributed by atoms with E-state index in [0.29, 0.717) is 23.7 Å². The number of nitrogens with one attached hydrogen (secondary N) is 1. The SMILES string of the molecule is CCOC(=O)c1c[nH]c(=O)c(C(CC(=O)O)c2cc(OC)c3c(c2)OCCO3)c1O. The van der Waals surface area contributed by atoms with E-state index in [9.17, 15) is 24.6 Å². The number of carboxylic acids is 1. The van der Waals surface area contributed by atoms with Crippen molar-refractivity contribution in [2.24, 2.45) is 0 Å². The molecule has 30 heavy (non-hydrogen) atoms. The normalized spacial score (nSPS) is 13.4. The summed E-state index contributed by atoms with van der Waals surface area (Å²) in [5.74, 6) is -2.84. The average molecular weight is 419 g/mol. The summed E-state index contributed by atoms with van der Waals surface area (Å²) in [6.07, 6.45) is 0.493. The first-order chi connectivity index (χ1) is 14.4. The number of carboxylic acid groups (broad SMARTS) is 1. The fourth-order valence-electron chi connectivity index (χ4n) is 3.28. The van der Waals surface area contributed by atoms with E-state index in [1.807, 2.05) is 0 Å². The summed E-state index contributed by atoms with van der Waals surface area (Å²) in [6.45, 7) is 2.26. The number of hydrogen-bond donors (Lipinski definition) is 3. The zero-order chi connectivity index (χ0) is 21.8. The van der Waals surface area contributed by atoms with E-state index in [4.69, 9.17) is 18.9 Å². The molecule has 0 fully saturated rings. The highest BCUT2D eigenvalue weighted by Gasteiger charge is 2.30. The van der Waals surface area contributed by atoms with Crippen LogP contribution in [0.15, 0.2) is 23.1 Å². The molecule has 0 amide bonds. The molecule has 0 radical (unpaired) electrons. The molecule has 1 aromatic heterocycles. The van der Waals surface area contributed by atoms with Gasteiger partial charge in [0.05, 0.1) is 25.7 Å². The van der Waals surface area contributed by atoms with Gasteiger partial charge in [-0.1, -0.05) is 0 Å². The molecule has 3 rings (SSSR count). The number of hydrogen-bond acceptors (Lipinski definition) is 8. The minimum Gasteiger partial charge on any atom is -0.506 e. The van der Waals surface area contributed by atoms with Crippen LogP contribution in [0.1, 0.15) is 40.7 Å². The third-order valence-electron chi connectivity index (χ3n) is 4.58. The molecule has 2 heterocycles. The number of carbonyl (C=O) groups is 2. The van der Waals surface area contributed by atoms with Crippen LogP contribution >= 0.6 is 0 Å². The van der Waals surface area contributed by atoms with Crippen molar-refractivity contribution in [1.82, 2.24) is 4.98 Å². The fraction of sp³-hybridized carbons (Fsp3) is 0.350. The van der Waals surface area contributed by atoms with Gasteiger partial charge in [-0.05, 0) is 24.6 Å². The summed E-state index contributed by atoms with van der Waals surface area (Å²) in [4.78, 5) is 38.6. The maximum Gasteiger partial charge on any atom is 0.343 e. The Balaban J connectivity index is 2.19. The van der Waals surface area contributed by atoms with Crippen LogP contribution in [-0.4, -0.2) is 54.1 Å². The summed E-state index contributed by atoms with van der Waals surface area (Å²) in [6, 6.07) is 3.04. The molecule has 1 atom stereocenters. The molecule has 0 bridgehead atoms. The Labute approximate surface area is 171 Å². The Kier molecular flexibility index (Phi) is 6.14. The number of methoxy groups -OCH3 is 1. The minimum atomic E-state index is -1.21. The van der Waals surface area contributed by atoms with Crippen molar-refractivity contribution in [3.63, 3.8) is 0 Å². The Morgan fingerprint density at radius 3 is 2.67 bits per heavy atom. The first-order valence-electron chi connectivity index (χ1n) is 9.18. The molecule has 1 aromatic carbocycles. The number of esters is 1. The van der Waals surface area contributed by atoms with E-state index >= 15 is 0 Å². The number of H-pyrrole nitrogens is 1. The van der Waals surface area contributed by atoms with Crippen LogP contribution in [0.3, 0.4) is 0 Å². The van der Waals surface area contributed by atoms with Gasteiger partial charge in [-0.2, -0.15) is 0 Å². The Hall–Kier alpha value is -3.69. The third kappa shape index (κ3) is 4.02. The second-order valence-electron chi connectivity index (χ2n) is 6.41. The molecule has 0 aliphatic carbocycles. The van der Waals surface area contributed by atoms with E-state index in [1.54, 1.807) is 6.92 Å². The van der Waals surface area contributed by atoms with Gasteiger partial charge in [0.2, 0.25) is 5.75 Å². The number of aromatic nitrogens is 1. The van der Waals surface area contributed by atoms with Gasteiger partial charge in [-0.15, -0.1) is 0 Å². The predicted octanol–water partition coefficient (Wildman–Crippen LogP) is 1.64. The molecule has 1 aliphatic heterocycles. The van der Waals surface area contributed by atoms with Crippen molar-refractivity contribution in [3.05, 3.63) is 45.4 Å². The molecule has 160 valence electrons. The first kappa shape index (κ1) is 21.0. The second kappa shape index (κ2) is 8.76. The third-order valence-corrected chi connectivity index (χ3v) is 4.58. The van der Waals surface area contributed by atoms with Crippen LogP contribution in [0.2, 0.25) is 0 Å². The molecule has 2 aromatic rings. The molecule has 1 aliphatic rings.